The van der Waals surface area contributed by atoms with Crippen LogP contribution in [0.3, 0.4) is 0 Å². The molecule has 2 saturated heterocycles. The third-order valence-corrected chi connectivity index (χ3v) is 6.52. The molecule has 9 heteroatoms. The van der Waals surface area contributed by atoms with Gasteiger partial charge < -0.3 is 10.2 Å². The summed E-state index contributed by atoms with van der Waals surface area (Å²) in [4.78, 5) is 41.0. The second-order valence-electron chi connectivity index (χ2n) is 8.48. The normalized spacial score (nSPS) is 24.4. The zero-order chi connectivity index (χ0) is 21.5. The number of rotatable bonds is 4. The highest BCUT2D eigenvalue weighted by atomic mass is 16.2. The first-order valence-corrected chi connectivity index (χ1v) is 10.7. The van der Waals surface area contributed by atoms with E-state index in [1.54, 1.807) is 4.90 Å². The molecule has 5 rings (SSSR count). The number of piperidine rings is 1. The minimum Gasteiger partial charge on any atom is -0.322 e. The standard InChI is InChI=1S/C22H26N6O3/c1-26-11-15(9-24-26)19-10-23-7-8-27(19)12-14-3-2-4-16-17(14)13-28(22(16)31)18-5-6-20(29)25-21(18)30/h2-4,9,11,18-19,23H,5-8,10,12-13H2,1H3,(H,25,29,30). The van der Waals surface area contributed by atoms with Crippen molar-refractivity contribution in [2.45, 2.75) is 38.0 Å². The van der Waals surface area contributed by atoms with E-state index in [0.29, 0.717) is 18.5 Å². The summed E-state index contributed by atoms with van der Waals surface area (Å²) >= 11 is 0. The van der Waals surface area contributed by atoms with E-state index < -0.39 is 6.04 Å². The van der Waals surface area contributed by atoms with Crippen LogP contribution in [0.15, 0.2) is 30.6 Å². The van der Waals surface area contributed by atoms with E-state index in [0.717, 1.165) is 37.3 Å². The second-order valence-corrected chi connectivity index (χ2v) is 8.48. The lowest BCUT2D eigenvalue weighted by Crippen LogP contribution is -2.52. The Labute approximate surface area is 180 Å². The smallest absolute Gasteiger partial charge is 0.255 e. The molecule has 0 bridgehead atoms. The number of aromatic nitrogens is 2. The van der Waals surface area contributed by atoms with Crippen LogP contribution in [-0.4, -0.2) is 63.0 Å². The van der Waals surface area contributed by atoms with E-state index in [-0.39, 0.29) is 30.2 Å². The highest BCUT2D eigenvalue weighted by Crippen LogP contribution is 2.32. The van der Waals surface area contributed by atoms with E-state index in [2.05, 4.69) is 26.7 Å². The summed E-state index contributed by atoms with van der Waals surface area (Å²) in [5.74, 6) is -0.778. The third-order valence-electron chi connectivity index (χ3n) is 6.52. The number of fused-ring (bicyclic) bond motifs is 1. The minimum atomic E-state index is -0.590. The third kappa shape index (κ3) is 3.64. The Morgan fingerprint density at radius 3 is 2.84 bits per heavy atom. The average Bonchev–Trinajstić information content (AvgIpc) is 3.33. The zero-order valence-corrected chi connectivity index (χ0v) is 17.5. The average molecular weight is 422 g/mol. The fourth-order valence-corrected chi connectivity index (χ4v) is 4.89. The van der Waals surface area contributed by atoms with Gasteiger partial charge in [0.1, 0.15) is 6.04 Å². The summed E-state index contributed by atoms with van der Waals surface area (Å²) in [6.07, 6.45) is 4.60. The van der Waals surface area contributed by atoms with Crippen molar-refractivity contribution in [3.8, 4) is 0 Å². The molecule has 2 aromatic rings. The van der Waals surface area contributed by atoms with Crippen molar-refractivity contribution in [2.75, 3.05) is 19.6 Å². The fourth-order valence-electron chi connectivity index (χ4n) is 4.89. The van der Waals surface area contributed by atoms with E-state index in [1.165, 1.54) is 5.56 Å². The van der Waals surface area contributed by atoms with Gasteiger partial charge in [0.05, 0.1) is 12.2 Å². The highest BCUT2D eigenvalue weighted by Gasteiger charge is 2.40. The van der Waals surface area contributed by atoms with Gasteiger partial charge in [-0.1, -0.05) is 12.1 Å². The largest absolute Gasteiger partial charge is 0.322 e. The van der Waals surface area contributed by atoms with Crippen LogP contribution in [0.25, 0.3) is 0 Å². The van der Waals surface area contributed by atoms with Crippen molar-refractivity contribution in [3.63, 3.8) is 0 Å². The molecule has 0 saturated carbocycles. The molecule has 1 aromatic carbocycles. The Morgan fingerprint density at radius 1 is 1.19 bits per heavy atom. The molecule has 3 amide bonds. The van der Waals surface area contributed by atoms with Crippen LogP contribution in [0.5, 0.6) is 0 Å². The molecular formula is C22H26N6O3. The first kappa shape index (κ1) is 19.9. The number of nitrogens with zero attached hydrogens (tertiary/aromatic N) is 4. The van der Waals surface area contributed by atoms with Gasteiger partial charge in [0.15, 0.2) is 0 Å². The molecule has 0 aliphatic carbocycles. The van der Waals surface area contributed by atoms with E-state index in [4.69, 9.17) is 0 Å². The molecule has 2 N–H and O–H groups in total. The maximum atomic E-state index is 13.1. The number of piperazine rings is 1. The number of amides is 3. The SMILES string of the molecule is Cn1cc(C2CNCCN2Cc2cccc3c2CN(C2CCC(=O)NC2=O)C3=O)cn1. The van der Waals surface area contributed by atoms with Crippen LogP contribution in [-0.2, 0) is 29.7 Å². The number of hydrogen-bond acceptors (Lipinski definition) is 6. The van der Waals surface area contributed by atoms with Crippen molar-refractivity contribution in [1.82, 2.24) is 30.2 Å². The monoisotopic (exact) mass is 422 g/mol. The van der Waals surface area contributed by atoms with Crippen molar-refractivity contribution >= 4 is 17.7 Å². The molecule has 2 atom stereocenters. The highest BCUT2D eigenvalue weighted by molar-refractivity contribution is 6.05. The van der Waals surface area contributed by atoms with Gasteiger partial charge in [-0.2, -0.15) is 5.10 Å². The molecule has 3 aliphatic rings. The van der Waals surface area contributed by atoms with Crippen molar-refractivity contribution < 1.29 is 14.4 Å². The van der Waals surface area contributed by atoms with Crippen molar-refractivity contribution in [2.24, 2.45) is 7.05 Å². The van der Waals surface area contributed by atoms with Gasteiger partial charge in [-0.3, -0.25) is 29.3 Å². The number of carbonyl (C=O) groups excluding carboxylic acids is 3. The van der Waals surface area contributed by atoms with Crippen LogP contribution in [0.2, 0.25) is 0 Å². The lowest BCUT2D eigenvalue weighted by atomic mass is 10.0. The minimum absolute atomic E-state index is 0.129. The molecule has 4 heterocycles. The molecule has 31 heavy (non-hydrogen) atoms. The Bertz CT molecular complexity index is 1050. The predicted molar refractivity (Wildman–Crippen MR) is 112 cm³/mol. The Balaban J connectivity index is 1.39. The van der Waals surface area contributed by atoms with Crippen molar-refractivity contribution in [3.05, 3.63) is 52.8 Å². The summed E-state index contributed by atoms with van der Waals surface area (Å²) in [5, 5.41) is 10.2. The molecule has 0 spiro atoms. The lowest BCUT2D eigenvalue weighted by molar-refractivity contribution is -0.136. The molecule has 162 valence electrons. The summed E-state index contributed by atoms with van der Waals surface area (Å²) in [5.41, 5.74) is 3.93. The van der Waals surface area contributed by atoms with E-state index in [1.807, 2.05) is 36.3 Å². The number of carbonyl (C=O) groups is 3. The zero-order valence-electron chi connectivity index (χ0n) is 17.5. The Hall–Kier alpha value is -3.04. The Kier molecular flexibility index (Phi) is 5.07. The molecule has 9 nitrogen and oxygen atoms in total. The molecular weight excluding hydrogens is 396 g/mol. The number of aryl methyl sites for hydroxylation is 1. The molecule has 3 aliphatic heterocycles. The van der Waals surface area contributed by atoms with Gasteiger partial charge in [-0.25, -0.2) is 0 Å². The lowest BCUT2D eigenvalue weighted by Gasteiger charge is -2.36. The predicted octanol–water partition coefficient (Wildman–Crippen LogP) is 0.328. The van der Waals surface area contributed by atoms with Gasteiger partial charge in [0, 0.05) is 63.5 Å². The van der Waals surface area contributed by atoms with Gasteiger partial charge in [-0.05, 0) is 23.6 Å². The van der Waals surface area contributed by atoms with Gasteiger partial charge in [0.25, 0.3) is 5.91 Å². The second kappa shape index (κ2) is 7.90. The van der Waals surface area contributed by atoms with Crippen LogP contribution >= 0.6 is 0 Å². The van der Waals surface area contributed by atoms with Gasteiger partial charge >= 0.3 is 0 Å². The molecule has 2 unspecified atom stereocenters. The maximum Gasteiger partial charge on any atom is 0.255 e. The summed E-state index contributed by atoms with van der Waals surface area (Å²) in [7, 11) is 1.92. The number of benzene rings is 1. The summed E-state index contributed by atoms with van der Waals surface area (Å²) in [6.45, 7) is 3.78. The van der Waals surface area contributed by atoms with Crippen LogP contribution in [0.1, 0.15) is 45.9 Å². The maximum absolute atomic E-state index is 13.1. The molecule has 1 aromatic heterocycles. The van der Waals surface area contributed by atoms with Crippen molar-refractivity contribution in [1.29, 1.82) is 0 Å². The van der Waals surface area contributed by atoms with E-state index in [9.17, 15) is 14.4 Å². The van der Waals surface area contributed by atoms with Crippen LogP contribution in [0, 0.1) is 0 Å². The Morgan fingerprint density at radius 2 is 2.06 bits per heavy atom. The van der Waals surface area contributed by atoms with Crippen LogP contribution < -0.4 is 10.6 Å². The van der Waals surface area contributed by atoms with E-state index >= 15 is 0 Å². The topological polar surface area (TPSA) is 99.6 Å². The first-order valence-electron chi connectivity index (χ1n) is 10.7. The van der Waals surface area contributed by atoms with Crippen LogP contribution in [0.4, 0.5) is 0 Å². The quantitative estimate of drug-likeness (QED) is 0.689. The summed E-state index contributed by atoms with van der Waals surface area (Å²) in [6, 6.07) is 5.45. The number of hydrogen-bond donors (Lipinski definition) is 2. The van der Waals surface area contributed by atoms with Gasteiger partial charge in [-0.15, -0.1) is 0 Å². The molecule has 0 radical (unpaired) electrons. The number of imide groups is 1. The first-order chi connectivity index (χ1) is 15.0. The summed E-state index contributed by atoms with van der Waals surface area (Å²) < 4.78 is 1.82. The molecule has 2 fully saturated rings. The number of nitrogens with one attached hydrogen (secondary N) is 2. The fraction of sp³-hybridized carbons (Fsp3) is 0.455. The van der Waals surface area contributed by atoms with Gasteiger partial charge in [0.2, 0.25) is 11.8 Å².